The van der Waals surface area contributed by atoms with Crippen LogP contribution in [0.1, 0.15) is 24.1 Å². The van der Waals surface area contributed by atoms with Gasteiger partial charge in [0.15, 0.2) is 0 Å². The number of ether oxygens (including phenoxy) is 1. The molecule has 1 unspecified atom stereocenters. The summed E-state index contributed by atoms with van der Waals surface area (Å²) in [5.74, 6) is 0. The number of halogens is 2. The van der Waals surface area contributed by atoms with Crippen molar-refractivity contribution in [3.05, 3.63) is 63.6 Å². The Labute approximate surface area is 153 Å². The molecule has 128 valence electrons. The first-order chi connectivity index (χ1) is 11.6. The number of hydrogen-bond donors (Lipinski definition) is 1. The van der Waals surface area contributed by atoms with Gasteiger partial charge < -0.3 is 15.0 Å². The van der Waals surface area contributed by atoms with Crippen molar-refractivity contribution in [1.29, 1.82) is 0 Å². The molecule has 1 saturated heterocycles. The van der Waals surface area contributed by atoms with E-state index in [1.807, 2.05) is 18.2 Å². The molecule has 0 saturated carbocycles. The summed E-state index contributed by atoms with van der Waals surface area (Å²) in [5, 5.41) is 4.71. The molecule has 1 aliphatic heterocycles. The molecule has 2 aromatic carbocycles. The Morgan fingerprint density at radius 1 is 1.04 bits per heavy atom. The highest BCUT2D eigenvalue weighted by atomic mass is 35.5. The molecule has 0 amide bonds. The lowest BCUT2D eigenvalue weighted by Gasteiger charge is -2.29. The van der Waals surface area contributed by atoms with Gasteiger partial charge in [-0.3, -0.25) is 0 Å². The third kappa shape index (κ3) is 4.42. The Balaban J connectivity index is 1.56. The summed E-state index contributed by atoms with van der Waals surface area (Å²) in [4.78, 5) is 2.36. The van der Waals surface area contributed by atoms with Crippen LogP contribution in [0.4, 0.5) is 5.69 Å². The van der Waals surface area contributed by atoms with E-state index in [-0.39, 0.29) is 6.04 Å². The normalized spacial score (nSPS) is 16.2. The lowest BCUT2D eigenvalue weighted by atomic mass is 10.1. The third-order valence-electron chi connectivity index (χ3n) is 4.37. The van der Waals surface area contributed by atoms with Crippen molar-refractivity contribution in [3.8, 4) is 0 Å². The van der Waals surface area contributed by atoms with Crippen molar-refractivity contribution in [2.45, 2.75) is 19.5 Å². The summed E-state index contributed by atoms with van der Waals surface area (Å²) < 4.78 is 5.40. The standard InChI is InChI=1S/C19H22Cl2N2O/c1-14(16-4-7-18(20)19(21)12-16)22-13-15-2-5-17(6-3-15)23-8-10-24-11-9-23/h2-7,12,14,22H,8-11,13H2,1H3. The second-order valence-electron chi connectivity index (χ2n) is 6.04. The highest BCUT2D eigenvalue weighted by Crippen LogP contribution is 2.25. The van der Waals surface area contributed by atoms with E-state index in [0.717, 1.165) is 38.4 Å². The molecule has 0 radical (unpaired) electrons. The number of rotatable bonds is 5. The zero-order valence-electron chi connectivity index (χ0n) is 13.8. The lowest BCUT2D eigenvalue weighted by molar-refractivity contribution is 0.122. The molecule has 1 heterocycles. The number of morpholine rings is 1. The van der Waals surface area contributed by atoms with E-state index in [9.17, 15) is 0 Å². The van der Waals surface area contributed by atoms with E-state index in [0.29, 0.717) is 10.0 Å². The fourth-order valence-corrected chi connectivity index (χ4v) is 3.12. The third-order valence-corrected chi connectivity index (χ3v) is 5.11. The monoisotopic (exact) mass is 364 g/mol. The topological polar surface area (TPSA) is 24.5 Å². The highest BCUT2D eigenvalue weighted by molar-refractivity contribution is 6.42. The second-order valence-corrected chi connectivity index (χ2v) is 6.86. The van der Waals surface area contributed by atoms with Gasteiger partial charge in [0.25, 0.3) is 0 Å². The van der Waals surface area contributed by atoms with Crippen molar-refractivity contribution in [1.82, 2.24) is 5.32 Å². The summed E-state index contributed by atoms with van der Waals surface area (Å²) >= 11 is 12.1. The van der Waals surface area contributed by atoms with Crippen LogP contribution in [-0.4, -0.2) is 26.3 Å². The second kappa shape index (κ2) is 8.21. The van der Waals surface area contributed by atoms with Crippen LogP contribution >= 0.6 is 23.2 Å². The van der Waals surface area contributed by atoms with Crippen molar-refractivity contribution in [2.24, 2.45) is 0 Å². The maximum Gasteiger partial charge on any atom is 0.0642 e. The molecule has 1 fully saturated rings. The molecule has 0 aromatic heterocycles. The van der Waals surface area contributed by atoms with Gasteiger partial charge in [-0.25, -0.2) is 0 Å². The van der Waals surface area contributed by atoms with Crippen LogP contribution in [0.5, 0.6) is 0 Å². The minimum Gasteiger partial charge on any atom is -0.378 e. The first-order valence-electron chi connectivity index (χ1n) is 8.23. The van der Waals surface area contributed by atoms with Gasteiger partial charge in [0.05, 0.1) is 23.3 Å². The predicted octanol–water partition coefficient (Wildman–Crippen LogP) is 4.68. The molecule has 5 heteroatoms. The molecule has 3 rings (SSSR count). The molecule has 0 spiro atoms. The van der Waals surface area contributed by atoms with Crippen LogP contribution in [0.3, 0.4) is 0 Å². The number of hydrogen-bond acceptors (Lipinski definition) is 3. The Bertz CT molecular complexity index is 670. The first kappa shape index (κ1) is 17.6. The SMILES string of the molecule is CC(NCc1ccc(N2CCOCC2)cc1)c1ccc(Cl)c(Cl)c1. The van der Waals surface area contributed by atoms with E-state index < -0.39 is 0 Å². The maximum absolute atomic E-state index is 6.09. The molecular weight excluding hydrogens is 343 g/mol. The number of anilines is 1. The zero-order chi connectivity index (χ0) is 16.9. The fraction of sp³-hybridized carbons (Fsp3) is 0.368. The number of nitrogens with zero attached hydrogens (tertiary/aromatic N) is 1. The van der Waals surface area contributed by atoms with Crippen LogP contribution in [0.25, 0.3) is 0 Å². The summed E-state index contributed by atoms with van der Waals surface area (Å²) in [6, 6.07) is 14.7. The van der Waals surface area contributed by atoms with Gasteiger partial charge in [0, 0.05) is 31.4 Å². The Kier molecular flexibility index (Phi) is 6.01. The maximum atomic E-state index is 6.09. The molecule has 24 heavy (non-hydrogen) atoms. The average molecular weight is 365 g/mol. The Hall–Kier alpha value is -1.26. The molecule has 1 N–H and O–H groups in total. The molecule has 0 aliphatic carbocycles. The quantitative estimate of drug-likeness (QED) is 0.833. The van der Waals surface area contributed by atoms with Gasteiger partial charge in [-0.2, -0.15) is 0 Å². The largest absolute Gasteiger partial charge is 0.378 e. The Morgan fingerprint density at radius 3 is 2.42 bits per heavy atom. The minimum atomic E-state index is 0.207. The molecule has 3 nitrogen and oxygen atoms in total. The fourth-order valence-electron chi connectivity index (χ4n) is 2.82. The number of benzene rings is 2. The van der Waals surface area contributed by atoms with Gasteiger partial charge >= 0.3 is 0 Å². The van der Waals surface area contributed by atoms with E-state index in [4.69, 9.17) is 27.9 Å². The molecule has 0 bridgehead atoms. The summed E-state index contributed by atoms with van der Waals surface area (Å²) in [6.45, 7) is 6.49. The van der Waals surface area contributed by atoms with Crippen LogP contribution in [0.2, 0.25) is 10.0 Å². The first-order valence-corrected chi connectivity index (χ1v) is 8.99. The smallest absolute Gasteiger partial charge is 0.0642 e. The van der Waals surface area contributed by atoms with E-state index in [2.05, 4.69) is 41.4 Å². The van der Waals surface area contributed by atoms with Gasteiger partial charge in [-0.15, -0.1) is 0 Å². The highest BCUT2D eigenvalue weighted by Gasteiger charge is 2.11. The summed E-state index contributed by atoms with van der Waals surface area (Å²) in [5.41, 5.74) is 3.66. The average Bonchev–Trinajstić information content (AvgIpc) is 2.63. The van der Waals surface area contributed by atoms with Crippen molar-refractivity contribution >= 4 is 28.9 Å². The number of nitrogens with one attached hydrogen (secondary N) is 1. The molecule has 2 aromatic rings. The van der Waals surface area contributed by atoms with Crippen LogP contribution < -0.4 is 10.2 Å². The van der Waals surface area contributed by atoms with E-state index in [1.54, 1.807) is 0 Å². The van der Waals surface area contributed by atoms with Gasteiger partial charge in [0.2, 0.25) is 0 Å². The van der Waals surface area contributed by atoms with Crippen LogP contribution in [0.15, 0.2) is 42.5 Å². The molecular formula is C19H22Cl2N2O. The molecule has 1 aliphatic rings. The van der Waals surface area contributed by atoms with E-state index in [1.165, 1.54) is 11.3 Å². The summed E-state index contributed by atoms with van der Waals surface area (Å²) in [6.07, 6.45) is 0. The van der Waals surface area contributed by atoms with Crippen LogP contribution in [0, 0.1) is 0 Å². The van der Waals surface area contributed by atoms with Crippen molar-refractivity contribution < 1.29 is 4.74 Å². The lowest BCUT2D eigenvalue weighted by Crippen LogP contribution is -2.36. The zero-order valence-corrected chi connectivity index (χ0v) is 15.3. The van der Waals surface area contributed by atoms with Gasteiger partial charge in [0.1, 0.15) is 0 Å². The molecule has 1 atom stereocenters. The Morgan fingerprint density at radius 2 is 1.75 bits per heavy atom. The van der Waals surface area contributed by atoms with E-state index >= 15 is 0 Å². The van der Waals surface area contributed by atoms with Crippen molar-refractivity contribution in [2.75, 3.05) is 31.2 Å². The van der Waals surface area contributed by atoms with Gasteiger partial charge in [-0.1, -0.05) is 41.4 Å². The summed E-state index contributed by atoms with van der Waals surface area (Å²) in [7, 11) is 0. The predicted molar refractivity (Wildman–Crippen MR) is 101 cm³/mol. The minimum absolute atomic E-state index is 0.207. The van der Waals surface area contributed by atoms with Gasteiger partial charge in [-0.05, 0) is 42.3 Å². The van der Waals surface area contributed by atoms with Crippen molar-refractivity contribution in [3.63, 3.8) is 0 Å². The van der Waals surface area contributed by atoms with Crippen LogP contribution in [-0.2, 0) is 11.3 Å².